The molecule has 1 aromatic carbocycles. The van der Waals surface area contributed by atoms with Gasteiger partial charge in [-0.25, -0.2) is 4.79 Å². The number of rotatable bonds is 2. The average Bonchev–Trinajstić information content (AvgIpc) is 2.53. The van der Waals surface area contributed by atoms with E-state index in [2.05, 4.69) is 10.6 Å². The van der Waals surface area contributed by atoms with Gasteiger partial charge in [0.2, 0.25) is 5.91 Å². The molecule has 1 saturated heterocycles. The van der Waals surface area contributed by atoms with Crippen molar-refractivity contribution in [2.45, 2.75) is 19.0 Å². The summed E-state index contributed by atoms with van der Waals surface area (Å²) in [4.78, 5) is 25.1. The third kappa shape index (κ3) is 4.37. The molecule has 0 saturated carbocycles. The van der Waals surface area contributed by atoms with Crippen LogP contribution in [0.3, 0.4) is 0 Å². The lowest BCUT2D eigenvalue weighted by Gasteiger charge is -2.31. The van der Waals surface area contributed by atoms with Crippen LogP contribution >= 0.6 is 0 Å². The number of anilines is 1. The van der Waals surface area contributed by atoms with Crippen molar-refractivity contribution < 1.29 is 22.8 Å². The van der Waals surface area contributed by atoms with Crippen LogP contribution in [0.25, 0.3) is 0 Å². The zero-order valence-electron chi connectivity index (χ0n) is 12.6. The number of urea groups is 1. The highest BCUT2D eigenvalue weighted by Gasteiger charge is 2.31. The number of alkyl halides is 3. The Kier molecular flexibility index (Phi) is 5.12. The Bertz CT molecular complexity index is 582. The molecule has 0 spiro atoms. The third-order valence-corrected chi connectivity index (χ3v) is 3.84. The average molecular weight is 329 g/mol. The van der Waals surface area contributed by atoms with E-state index in [4.69, 9.17) is 0 Å². The molecular formula is C15H18F3N3O2. The fourth-order valence-corrected chi connectivity index (χ4v) is 2.52. The number of hydrogen-bond donors (Lipinski definition) is 2. The number of piperidine rings is 1. The Hall–Kier alpha value is -2.25. The first kappa shape index (κ1) is 17.1. The van der Waals surface area contributed by atoms with E-state index in [1.165, 1.54) is 17.0 Å². The van der Waals surface area contributed by atoms with Gasteiger partial charge in [-0.3, -0.25) is 4.79 Å². The molecule has 0 aliphatic carbocycles. The van der Waals surface area contributed by atoms with Gasteiger partial charge >= 0.3 is 12.2 Å². The number of likely N-dealkylation sites (tertiary alicyclic amines) is 1. The predicted octanol–water partition coefficient (Wildman–Crippen LogP) is 2.70. The summed E-state index contributed by atoms with van der Waals surface area (Å²) < 4.78 is 38.0. The van der Waals surface area contributed by atoms with Gasteiger partial charge in [-0.2, -0.15) is 13.2 Å². The van der Waals surface area contributed by atoms with Crippen LogP contribution in [0, 0.1) is 5.92 Å². The summed E-state index contributed by atoms with van der Waals surface area (Å²) in [6, 6.07) is 4.04. The lowest BCUT2D eigenvalue weighted by Crippen LogP contribution is -2.44. The topological polar surface area (TPSA) is 61.4 Å². The van der Waals surface area contributed by atoms with Crippen LogP contribution in [0.5, 0.6) is 0 Å². The molecule has 0 atom stereocenters. The molecule has 5 nitrogen and oxygen atoms in total. The number of nitrogens with one attached hydrogen (secondary N) is 2. The monoisotopic (exact) mass is 329 g/mol. The Morgan fingerprint density at radius 2 is 1.87 bits per heavy atom. The molecule has 8 heteroatoms. The summed E-state index contributed by atoms with van der Waals surface area (Å²) in [6.45, 7) is 0.783. The maximum Gasteiger partial charge on any atom is 0.416 e. The second-order valence-corrected chi connectivity index (χ2v) is 5.38. The number of nitrogens with zero attached hydrogens (tertiary/aromatic N) is 1. The van der Waals surface area contributed by atoms with Crippen LogP contribution in [0.1, 0.15) is 18.4 Å². The Balaban J connectivity index is 1.94. The summed E-state index contributed by atoms with van der Waals surface area (Å²) >= 11 is 0. The molecular weight excluding hydrogens is 311 g/mol. The minimum atomic E-state index is -4.45. The third-order valence-electron chi connectivity index (χ3n) is 3.84. The van der Waals surface area contributed by atoms with Crippen molar-refractivity contribution in [2.24, 2.45) is 5.92 Å². The molecule has 126 valence electrons. The van der Waals surface area contributed by atoms with Crippen molar-refractivity contribution in [1.82, 2.24) is 10.2 Å². The number of amides is 3. The molecule has 1 aliphatic heterocycles. The Morgan fingerprint density at radius 3 is 2.43 bits per heavy atom. The van der Waals surface area contributed by atoms with Crippen molar-refractivity contribution in [3.05, 3.63) is 29.8 Å². The van der Waals surface area contributed by atoms with E-state index < -0.39 is 17.8 Å². The molecule has 0 radical (unpaired) electrons. The highest BCUT2D eigenvalue weighted by atomic mass is 19.4. The Labute approximate surface area is 131 Å². The molecule has 1 aromatic rings. The van der Waals surface area contributed by atoms with Crippen LogP contribution < -0.4 is 10.6 Å². The molecule has 0 bridgehead atoms. The van der Waals surface area contributed by atoms with E-state index in [1.54, 1.807) is 7.05 Å². The molecule has 1 heterocycles. The van der Waals surface area contributed by atoms with Crippen molar-refractivity contribution >= 4 is 17.6 Å². The van der Waals surface area contributed by atoms with Crippen molar-refractivity contribution in [3.8, 4) is 0 Å². The van der Waals surface area contributed by atoms with Gasteiger partial charge in [-0.15, -0.1) is 0 Å². The van der Waals surface area contributed by atoms with Gasteiger partial charge in [0.25, 0.3) is 0 Å². The van der Waals surface area contributed by atoms with Gasteiger partial charge in [0, 0.05) is 31.7 Å². The maximum atomic E-state index is 12.7. The van der Waals surface area contributed by atoms with Crippen LogP contribution in [0.15, 0.2) is 24.3 Å². The van der Waals surface area contributed by atoms with Crippen LogP contribution in [-0.4, -0.2) is 37.0 Å². The minimum Gasteiger partial charge on any atom is -0.359 e. The van der Waals surface area contributed by atoms with Gasteiger partial charge in [0.15, 0.2) is 0 Å². The molecule has 1 aliphatic rings. The number of benzene rings is 1. The summed E-state index contributed by atoms with van der Waals surface area (Å²) in [7, 11) is 1.56. The van der Waals surface area contributed by atoms with E-state index >= 15 is 0 Å². The summed E-state index contributed by atoms with van der Waals surface area (Å²) in [5, 5.41) is 5.04. The highest BCUT2D eigenvalue weighted by molar-refractivity contribution is 5.89. The second-order valence-electron chi connectivity index (χ2n) is 5.38. The molecule has 23 heavy (non-hydrogen) atoms. The number of carbonyl (C=O) groups is 2. The van der Waals surface area contributed by atoms with Crippen molar-refractivity contribution in [1.29, 1.82) is 0 Å². The van der Waals surface area contributed by atoms with Crippen molar-refractivity contribution in [2.75, 3.05) is 25.5 Å². The SMILES string of the molecule is CNC(=O)C1CCN(C(=O)Nc2cccc(C(F)(F)F)c2)CC1. The van der Waals surface area contributed by atoms with Gasteiger partial charge in [0.05, 0.1) is 5.56 Å². The summed E-state index contributed by atoms with van der Waals surface area (Å²) in [5.41, 5.74) is -0.716. The van der Waals surface area contributed by atoms with Crippen LogP contribution in [-0.2, 0) is 11.0 Å². The maximum absolute atomic E-state index is 12.7. The van der Waals surface area contributed by atoms with Crippen LogP contribution in [0.4, 0.5) is 23.7 Å². The second kappa shape index (κ2) is 6.89. The molecule has 1 fully saturated rings. The normalized spacial score (nSPS) is 16.1. The number of hydrogen-bond acceptors (Lipinski definition) is 2. The van der Waals surface area contributed by atoms with E-state index in [0.717, 1.165) is 12.1 Å². The van der Waals surface area contributed by atoms with Gasteiger partial charge in [0.1, 0.15) is 0 Å². The molecule has 0 unspecified atom stereocenters. The highest BCUT2D eigenvalue weighted by Crippen LogP contribution is 2.30. The summed E-state index contributed by atoms with van der Waals surface area (Å²) in [6.07, 6.45) is -3.38. The van der Waals surface area contributed by atoms with Crippen LogP contribution in [0.2, 0.25) is 0 Å². The van der Waals surface area contributed by atoms with Gasteiger partial charge < -0.3 is 15.5 Å². The predicted molar refractivity (Wildman–Crippen MR) is 78.8 cm³/mol. The first-order valence-corrected chi connectivity index (χ1v) is 7.26. The Morgan fingerprint density at radius 1 is 1.22 bits per heavy atom. The largest absolute Gasteiger partial charge is 0.416 e. The zero-order valence-corrected chi connectivity index (χ0v) is 12.6. The first-order valence-electron chi connectivity index (χ1n) is 7.26. The lowest BCUT2D eigenvalue weighted by atomic mass is 9.96. The smallest absolute Gasteiger partial charge is 0.359 e. The fourth-order valence-electron chi connectivity index (χ4n) is 2.52. The number of halogens is 3. The number of carbonyl (C=O) groups excluding carboxylic acids is 2. The van der Waals surface area contributed by atoms with Crippen molar-refractivity contribution in [3.63, 3.8) is 0 Å². The van der Waals surface area contributed by atoms with E-state index in [0.29, 0.717) is 25.9 Å². The lowest BCUT2D eigenvalue weighted by molar-refractivity contribution is -0.137. The quantitative estimate of drug-likeness (QED) is 0.876. The van der Waals surface area contributed by atoms with Gasteiger partial charge in [-0.05, 0) is 31.0 Å². The molecule has 3 amide bonds. The van der Waals surface area contributed by atoms with Gasteiger partial charge in [-0.1, -0.05) is 6.07 Å². The van der Waals surface area contributed by atoms with E-state index in [9.17, 15) is 22.8 Å². The standard InChI is InChI=1S/C15H18F3N3O2/c1-19-13(22)10-5-7-21(8-6-10)14(23)20-12-4-2-3-11(9-12)15(16,17)18/h2-4,9-10H,5-8H2,1H3,(H,19,22)(H,20,23). The molecule has 2 rings (SSSR count). The zero-order chi connectivity index (χ0) is 17.0. The minimum absolute atomic E-state index is 0.0528. The molecule has 0 aromatic heterocycles. The summed E-state index contributed by atoms with van der Waals surface area (Å²) in [5.74, 6) is -0.180. The van der Waals surface area contributed by atoms with E-state index in [-0.39, 0.29) is 17.5 Å². The fraction of sp³-hybridized carbons (Fsp3) is 0.467. The molecule has 2 N–H and O–H groups in total. The van der Waals surface area contributed by atoms with E-state index in [1.807, 2.05) is 0 Å². The first-order chi connectivity index (χ1) is 10.8.